The largest absolute Gasteiger partial charge is 0.0622 e. The predicted molar refractivity (Wildman–Crippen MR) is 448 cm³/mol. The van der Waals surface area contributed by atoms with Gasteiger partial charge in [-0.25, -0.2) is 0 Å². The molecular weight excluding hydrogens is 1200 g/mol. The zero-order valence-corrected chi connectivity index (χ0v) is 65.4. The van der Waals surface area contributed by atoms with Gasteiger partial charge in [0.15, 0.2) is 0 Å². The summed E-state index contributed by atoms with van der Waals surface area (Å²) < 4.78 is 0. The molecule has 14 aromatic rings. The van der Waals surface area contributed by atoms with Gasteiger partial charge in [0.1, 0.15) is 0 Å². The Hall–Kier alpha value is -9.88. The van der Waals surface area contributed by atoms with E-state index in [9.17, 15) is 0 Å². The molecule has 0 nitrogen and oxygen atoms in total. The van der Waals surface area contributed by atoms with Crippen molar-refractivity contribution >= 4 is 43.1 Å². The van der Waals surface area contributed by atoms with E-state index in [4.69, 9.17) is 0 Å². The summed E-state index contributed by atoms with van der Waals surface area (Å²) in [5.74, 6) is 0. The average Bonchev–Trinajstić information content (AvgIpc) is 0.769. The Morgan fingerprint density at radius 3 is 0.650 bits per heavy atom. The molecule has 0 heteroatoms. The van der Waals surface area contributed by atoms with Gasteiger partial charge in [-0.1, -0.05) is 328 Å². The van der Waals surface area contributed by atoms with Gasteiger partial charge in [-0.3, -0.25) is 0 Å². The first-order valence-corrected chi connectivity index (χ1v) is 35.5. The standard InChI is InChI=1S/C16H14.2C12H12.2C10H14.C9H12.3C8H10.C7H8/c1-11-13-7-3-5-9-15(13)12(2)16-10-6-4-8-14(11)16;1-9-3-5-12-8-10(2)4-6-11(12)7-9;1-9-7-8-10(2)12-6-4-3-5-11(9)12;1-7-5-9(3)10(4)6-8(7)2;1-7-5-8(2)10(4)9(3)6-7;1-7-4-5-8(2)9(3)6-7;2*1-7-3-5-8(2)6-4-7;1-7-4-3-5-8(2)6-7;1-7-5-3-2-4-6-7/h3-10H,1-2H3;2*3-8H,1-2H3;2*5-6H,1-4H3;4-6H,1-3H3;3*3-6H,1-2H3;2-6H,1H3. The van der Waals surface area contributed by atoms with Crippen molar-refractivity contribution in [1.82, 2.24) is 0 Å². The quantitative estimate of drug-likeness (QED) is 0.133. The fraction of sp³-hybridized carbons (Fsp3) is 0.240. The summed E-state index contributed by atoms with van der Waals surface area (Å²) in [7, 11) is 0. The Kier molecular flexibility index (Phi) is 33.0. The number of hydrogen-bond acceptors (Lipinski definition) is 0. The highest BCUT2D eigenvalue weighted by molar-refractivity contribution is 6.05. The zero-order valence-electron chi connectivity index (χ0n) is 65.4. The van der Waals surface area contributed by atoms with E-state index in [0.717, 1.165) is 0 Å². The lowest BCUT2D eigenvalue weighted by atomic mass is 9.93. The van der Waals surface area contributed by atoms with Crippen molar-refractivity contribution in [3.63, 3.8) is 0 Å². The van der Waals surface area contributed by atoms with Crippen LogP contribution >= 0.6 is 0 Å². The molecule has 0 atom stereocenters. The third-order valence-corrected chi connectivity index (χ3v) is 18.4. The molecule has 0 amide bonds. The molecule has 14 rings (SSSR count). The molecule has 0 aliphatic heterocycles. The summed E-state index contributed by atoms with van der Waals surface area (Å²) >= 11 is 0. The summed E-state index contributed by atoms with van der Waals surface area (Å²) in [5, 5.41) is 10.9. The fourth-order valence-electron chi connectivity index (χ4n) is 11.5. The van der Waals surface area contributed by atoms with Gasteiger partial charge >= 0.3 is 0 Å². The van der Waals surface area contributed by atoms with Crippen molar-refractivity contribution in [1.29, 1.82) is 0 Å². The second-order valence-electron chi connectivity index (χ2n) is 27.7. The highest BCUT2D eigenvalue weighted by Gasteiger charge is 2.07. The maximum Gasteiger partial charge on any atom is -0.0146 e. The molecule has 0 fully saturated rings. The number of benzene rings is 14. The normalized spacial score (nSPS) is 10.0. The molecule has 100 heavy (non-hydrogen) atoms. The molecule has 0 aliphatic rings. The maximum absolute atomic E-state index is 2.24. The van der Waals surface area contributed by atoms with Gasteiger partial charge in [0.2, 0.25) is 0 Å². The van der Waals surface area contributed by atoms with Crippen molar-refractivity contribution in [2.24, 2.45) is 0 Å². The molecule has 0 aliphatic carbocycles. The molecule has 0 N–H and O–H groups in total. The van der Waals surface area contributed by atoms with Crippen molar-refractivity contribution in [3.05, 3.63) is 400 Å². The van der Waals surface area contributed by atoms with Crippen LogP contribution in [-0.2, 0) is 0 Å². The van der Waals surface area contributed by atoms with Crippen LogP contribution in [0.4, 0.5) is 0 Å². The van der Waals surface area contributed by atoms with Gasteiger partial charge in [-0.15, -0.1) is 0 Å². The minimum absolute atomic E-state index is 1.32. The van der Waals surface area contributed by atoms with E-state index >= 15 is 0 Å². The second-order valence-corrected chi connectivity index (χ2v) is 27.7. The van der Waals surface area contributed by atoms with Crippen LogP contribution in [-0.4, -0.2) is 0 Å². The lowest BCUT2D eigenvalue weighted by Gasteiger charge is -2.11. The summed E-state index contributed by atoms with van der Waals surface area (Å²) in [6.45, 7) is 51.3. The van der Waals surface area contributed by atoms with Crippen LogP contribution in [0.1, 0.15) is 134 Å². The molecular formula is C100H116. The van der Waals surface area contributed by atoms with E-state index in [1.54, 1.807) is 0 Å². The minimum atomic E-state index is 1.32. The molecule has 0 unspecified atom stereocenters. The number of rotatable bonds is 0. The van der Waals surface area contributed by atoms with E-state index < -0.39 is 0 Å². The third-order valence-electron chi connectivity index (χ3n) is 18.4. The molecule has 0 bridgehead atoms. The minimum Gasteiger partial charge on any atom is -0.0622 e. The number of aryl methyl sites for hydroxylation is 23. The monoisotopic (exact) mass is 1320 g/mol. The zero-order chi connectivity index (χ0) is 73.6. The van der Waals surface area contributed by atoms with Crippen LogP contribution in [0.25, 0.3) is 43.1 Å². The summed E-state index contributed by atoms with van der Waals surface area (Å²) in [4.78, 5) is 0. The van der Waals surface area contributed by atoms with Crippen molar-refractivity contribution in [2.75, 3.05) is 0 Å². The van der Waals surface area contributed by atoms with Crippen LogP contribution in [0.3, 0.4) is 0 Å². The van der Waals surface area contributed by atoms with Crippen molar-refractivity contribution < 1.29 is 0 Å². The molecule has 516 valence electrons. The van der Waals surface area contributed by atoms with Crippen LogP contribution in [0.5, 0.6) is 0 Å². The third kappa shape index (κ3) is 27.1. The first-order valence-electron chi connectivity index (χ1n) is 35.5. The highest BCUT2D eigenvalue weighted by Crippen LogP contribution is 2.32. The van der Waals surface area contributed by atoms with Crippen LogP contribution in [0.2, 0.25) is 0 Å². The molecule has 0 saturated heterocycles. The van der Waals surface area contributed by atoms with Crippen molar-refractivity contribution in [2.45, 2.75) is 166 Å². The summed E-state index contributed by atoms with van der Waals surface area (Å²) in [6.07, 6.45) is 0. The molecule has 0 aromatic heterocycles. The van der Waals surface area contributed by atoms with Gasteiger partial charge in [-0.2, -0.15) is 0 Å². The first kappa shape index (κ1) is 80.8. The number of fused-ring (bicyclic) bond motifs is 4. The Labute approximate surface area is 605 Å². The lowest BCUT2D eigenvalue weighted by Crippen LogP contribution is -1.87. The van der Waals surface area contributed by atoms with Crippen molar-refractivity contribution in [3.8, 4) is 0 Å². The average molecular weight is 1320 g/mol. The SMILES string of the molecule is Cc1c2ccccc2c(C)c2ccccc12.Cc1cc(C)c(C)c(C)c1.Cc1cc(C)c(C)cc1C.Cc1ccc(C)c(C)c1.Cc1ccc(C)c2ccccc12.Cc1ccc(C)cc1.Cc1ccc(C)cc1.Cc1ccc2cc(C)ccc2c1.Cc1cccc(C)c1.Cc1ccccc1. The second kappa shape index (κ2) is 40.9. The van der Waals surface area contributed by atoms with Gasteiger partial charge in [0.05, 0.1) is 0 Å². The highest BCUT2D eigenvalue weighted by atomic mass is 14.1. The van der Waals surface area contributed by atoms with Crippen LogP contribution < -0.4 is 0 Å². The molecule has 0 radical (unpaired) electrons. The Bertz CT molecular complexity index is 4450. The van der Waals surface area contributed by atoms with E-state index in [0.29, 0.717) is 0 Å². The predicted octanol–water partition coefficient (Wildman–Crippen LogP) is 28.9. The molecule has 14 aromatic carbocycles. The lowest BCUT2D eigenvalue weighted by molar-refractivity contribution is 1.23. The van der Waals surface area contributed by atoms with E-state index in [1.165, 1.54) is 177 Å². The summed E-state index contributed by atoms with van der Waals surface area (Å²) in [5.41, 5.74) is 32.7. The van der Waals surface area contributed by atoms with Crippen LogP contribution in [0, 0.1) is 166 Å². The fourth-order valence-corrected chi connectivity index (χ4v) is 11.5. The Morgan fingerprint density at radius 1 is 0.120 bits per heavy atom. The Balaban J connectivity index is 0.000000202. The van der Waals surface area contributed by atoms with Gasteiger partial charge in [0.25, 0.3) is 0 Å². The molecule has 0 spiro atoms. The molecule has 0 saturated carbocycles. The summed E-state index contributed by atoms with van der Waals surface area (Å²) in [6, 6.07) is 94.4. The smallest absolute Gasteiger partial charge is 0.0146 e. The van der Waals surface area contributed by atoms with Gasteiger partial charge in [0, 0.05) is 0 Å². The van der Waals surface area contributed by atoms with E-state index in [2.05, 4.69) is 415 Å². The topological polar surface area (TPSA) is 0 Å². The van der Waals surface area contributed by atoms with Gasteiger partial charge < -0.3 is 0 Å². The van der Waals surface area contributed by atoms with E-state index in [1.807, 2.05) is 18.2 Å². The molecule has 0 heterocycles. The Morgan fingerprint density at radius 2 is 0.360 bits per heavy atom. The van der Waals surface area contributed by atoms with E-state index in [-0.39, 0.29) is 0 Å². The van der Waals surface area contributed by atoms with Gasteiger partial charge in [-0.05, 0) is 282 Å². The van der Waals surface area contributed by atoms with Crippen LogP contribution in [0.15, 0.2) is 267 Å². The number of hydrogen-bond donors (Lipinski definition) is 0. The maximum atomic E-state index is 2.24. The first-order chi connectivity index (χ1) is 47.5.